The Morgan fingerprint density at radius 1 is 1.03 bits per heavy atom. The van der Waals surface area contributed by atoms with E-state index in [2.05, 4.69) is 78.9 Å². The molecule has 2 saturated heterocycles. The lowest BCUT2D eigenvalue weighted by Crippen LogP contribution is -2.43. The van der Waals surface area contributed by atoms with Crippen molar-refractivity contribution in [2.24, 2.45) is 0 Å². The standard InChI is InChI=1S/C24H22BrN3O/c25-17-7-5-16(6-8-17)24(15-22(29)28-18-9-10-19(28)12-11-18)21-4-2-1-3-20(21)23-26-13-14-27(23)24/h1-8,13-14,18-19H,9-12,15H2. The molecule has 1 atom stereocenters. The molecule has 3 aliphatic heterocycles. The molecule has 3 aliphatic rings. The van der Waals surface area contributed by atoms with Crippen LogP contribution in [0, 0.1) is 0 Å². The minimum Gasteiger partial charge on any atom is -0.337 e. The third-order valence-electron chi connectivity index (χ3n) is 7.14. The number of imidazole rings is 1. The zero-order valence-electron chi connectivity index (χ0n) is 16.1. The van der Waals surface area contributed by atoms with E-state index in [1.165, 1.54) is 5.56 Å². The third kappa shape index (κ3) is 2.37. The van der Waals surface area contributed by atoms with Crippen molar-refractivity contribution in [2.45, 2.75) is 49.7 Å². The van der Waals surface area contributed by atoms with Gasteiger partial charge in [0.1, 0.15) is 11.4 Å². The maximum absolute atomic E-state index is 13.7. The predicted molar refractivity (Wildman–Crippen MR) is 115 cm³/mol. The molecule has 1 aromatic heterocycles. The number of halogens is 1. The second-order valence-electron chi connectivity index (χ2n) is 8.47. The maximum Gasteiger partial charge on any atom is 0.226 e. The van der Waals surface area contributed by atoms with E-state index in [0.29, 0.717) is 18.5 Å². The first kappa shape index (κ1) is 17.5. The highest BCUT2D eigenvalue weighted by atomic mass is 79.9. The second-order valence-corrected chi connectivity index (χ2v) is 9.39. The first-order valence-electron chi connectivity index (χ1n) is 10.4. The van der Waals surface area contributed by atoms with Gasteiger partial charge in [-0.15, -0.1) is 0 Å². The van der Waals surface area contributed by atoms with Crippen LogP contribution in [-0.4, -0.2) is 32.4 Å². The largest absolute Gasteiger partial charge is 0.337 e. The van der Waals surface area contributed by atoms with Crippen LogP contribution in [0.3, 0.4) is 0 Å². The van der Waals surface area contributed by atoms with Crippen molar-refractivity contribution < 1.29 is 4.79 Å². The number of hydrogen-bond acceptors (Lipinski definition) is 2. The Hall–Kier alpha value is -2.40. The third-order valence-corrected chi connectivity index (χ3v) is 7.66. The molecule has 0 spiro atoms. The molecule has 3 aromatic rings. The van der Waals surface area contributed by atoms with Crippen LogP contribution in [0.4, 0.5) is 0 Å². The van der Waals surface area contributed by atoms with E-state index in [0.717, 1.165) is 47.1 Å². The Morgan fingerprint density at radius 2 is 1.72 bits per heavy atom. The monoisotopic (exact) mass is 447 g/mol. The van der Waals surface area contributed by atoms with Crippen LogP contribution < -0.4 is 0 Å². The van der Waals surface area contributed by atoms with Gasteiger partial charge in [-0.25, -0.2) is 4.98 Å². The quantitative estimate of drug-likeness (QED) is 0.568. The summed E-state index contributed by atoms with van der Waals surface area (Å²) in [5, 5.41) is 0. The topological polar surface area (TPSA) is 38.1 Å². The molecule has 4 nitrogen and oxygen atoms in total. The number of hydrogen-bond donors (Lipinski definition) is 0. The number of rotatable bonds is 3. The molecule has 0 radical (unpaired) electrons. The van der Waals surface area contributed by atoms with Gasteiger partial charge in [0.15, 0.2) is 0 Å². The summed E-state index contributed by atoms with van der Waals surface area (Å²) in [7, 11) is 0. The number of fused-ring (bicyclic) bond motifs is 5. The van der Waals surface area contributed by atoms with Crippen molar-refractivity contribution in [1.29, 1.82) is 0 Å². The Bertz CT molecular complexity index is 1090. The van der Waals surface area contributed by atoms with E-state index < -0.39 is 5.54 Å². The molecule has 1 amide bonds. The van der Waals surface area contributed by atoms with Crippen LogP contribution in [0.2, 0.25) is 0 Å². The van der Waals surface area contributed by atoms with Crippen LogP contribution >= 0.6 is 15.9 Å². The number of nitrogens with zero attached hydrogens (tertiary/aromatic N) is 3. The van der Waals surface area contributed by atoms with Crippen molar-refractivity contribution in [3.63, 3.8) is 0 Å². The van der Waals surface area contributed by atoms with Crippen molar-refractivity contribution in [2.75, 3.05) is 0 Å². The van der Waals surface area contributed by atoms with Gasteiger partial charge < -0.3 is 9.47 Å². The number of carbonyl (C=O) groups is 1. The molecule has 29 heavy (non-hydrogen) atoms. The Kier molecular flexibility index (Phi) is 3.79. The summed E-state index contributed by atoms with van der Waals surface area (Å²) in [6.07, 6.45) is 8.96. The fraction of sp³-hybridized carbons (Fsp3) is 0.333. The summed E-state index contributed by atoms with van der Waals surface area (Å²) in [5.74, 6) is 1.22. The zero-order valence-corrected chi connectivity index (χ0v) is 17.7. The molecule has 2 aromatic carbocycles. The van der Waals surface area contributed by atoms with Crippen LogP contribution in [0.5, 0.6) is 0 Å². The molecule has 0 aliphatic carbocycles. The fourth-order valence-corrected chi connectivity index (χ4v) is 6.18. The molecule has 1 unspecified atom stereocenters. The molecule has 2 fully saturated rings. The average molecular weight is 448 g/mol. The molecule has 2 bridgehead atoms. The molecule has 4 heterocycles. The van der Waals surface area contributed by atoms with Gasteiger partial charge in [-0.2, -0.15) is 0 Å². The maximum atomic E-state index is 13.7. The van der Waals surface area contributed by atoms with Gasteiger partial charge in [-0.05, 0) is 48.9 Å². The van der Waals surface area contributed by atoms with E-state index in [4.69, 9.17) is 0 Å². The predicted octanol–water partition coefficient (Wildman–Crippen LogP) is 4.96. The van der Waals surface area contributed by atoms with E-state index in [9.17, 15) is 4.79 Å². The first-order valence-corrected chi connectivity index (χ1v) is 11.2. The van der Waals surface area contributed by atoms with E-state index >= 15 is 0 Å². The van der Waals surface area contributed by atoms with Gasteiger partial charge in [0.2, 0.25) is 5.91 Å². The first-order chi connectivity index (χ1) is 14.2. The van der Waals surface area contributed by atoms with Crippen molar-refractivity contribution in [1.82, 2.24) is 14.5 Å². The van der Waals surface area contributed by atoms with Gasteiger partial charge >= 0.3 is 0 Å². The van der Waals surface area contributed by atoms with Crippen LogP contribution in [0.1, 0.15) is 43.2 Å². The average Bonchev–Trinajstić information content (AvgIpc) is 3.51. The van der Waals surface area contributed by atoms with Gasteiger partial charge in [0, 0.05) is 34.5 Å². The molecule has 5 heteroatoms. The second kappa shape index (κ2) is 6.30. The van der Waals surface area contributed by atoms with Gasteiger partial charge in [0.25, 0.3) is 0 Å². The highest BCUT2D eigenvalue weighted by Gasteiger charge is 2.50. The zero-order chi connectivity index (χ0) is 19.6. The lowest BCUT2D eigenvalue weighted by atomic mass is 9.79. The summed E-state index contributed by atoms with van der Waals surface area (Å²) >= 11 is 3.56. The smallest absolute Gasteiger partial charge is 0.226 e. The lowest BCUT2D eigenvalue weighted by Gasteiger charge is -2.35. The van der Waals surface area contributed by atoms with Crippen LogP contribution in [-0.2, 0) is 10.3 Å². The minimum absolute atomic E-state index is 0.272. The number of carbonyl (C=O) groups excluding carboxylic acids is 1. The molecule has 0 N–H and O–H groups in total. The summed E-state index contributed by atoms with van der Waals surface area (Å²) in [4.78, 5) is 20.6. The minimum atomic E-state index is -0.553. The fourth-order valence-electron chi connectivity index (χ4n) is 5.91. The van der Waals surface area contributed by atoms with Crippen LogP contribution in [0.25, 0.3) is 11.4 Å². The van der Waals surface area contributed by atoms with Gasteiger partial charge in [0.05, 0.1) is 6.42 Å². The summed E-state index contributed by atoms with van der Waals surface area (Å²) in [6.45, 7) is 0. The Balaban J connectivity index is 1.54. The summed E-state index contributed by atoms with van der Waals surface area (Å²) in [5.41, 5.74) is 2.87. The Morgan fingerprint density at radius 3 is 2.45 bits per heavy atom. The molecule has 0 saturated carbocycles. The lowest BCUT2D eigenvalue weighted by molar-refractivity contribution is -0.133. The number of aromatic nitrogens is 2. The van der Waals surface area contributed by atoms with Gasteiger partial charge in [-0.3, -0.25) is 4.79 Å². The normalized spacial score (nSPS) is 26.6. The highest BCUT2D eigenvalue weighted by Crippen LogP contribution is 2.50. The van der Waals surface area contributed by atoms with Crippen molar-refractivity contribution in [3.05, 3.63) is 76.5 Å². The highest BCUT2D eigenvalue weighted by molar-refractivity contribution is 9.10. The molecular weight excluding hydrogens is 426 g/mol. The summed E-state index contributed by atoms with van der Waals surface area (Å²) < 4.78 is 3.26. The van der Waals surface area contributed by atoms with Crippen molar-refractivity contribution >= 4 is 21.8 Å². The molecule has 6 rings (SSSR count). The van der Waals surface area contributed by atoms with E-state index in [-0.39, 0.29) is 5.91 Å². The van der Waals surface area contributed by atoms with Crippen molar-refractivity contribution in [3.8, 4) is 11.4 Å². The Labute approximate surface area is 178 Å². The van der Waals surface area contributed by atoms with Gasteiger partial charge in [-0.1, -0.05) is 52.3 Å². The SMILES string of the molecule is O=C(CC1(c2ccc(Br)cc2)c2ccccc2-c2nccn21)N1C2CCC1CC2. The van der Waals surface area contributed by atoms with Crippen LogP contribution in [0.15, 0.2) is 65.4 Å². The van der Waals surface area contributed by atoms with E-state index in [1.807, 2.05) is 12.4 Å². The summed E-state index contributed by atoms with van der Waals surface area (Å²) in [6, 6.07) is 17.7. The number of amides is 1. The molecular formula is C24H22BrN3O. The number of benzene rings is 2. The van der Waals surface area contributed by atoms with E-state index in [1.54, 1.807) is 0 Å². The molecule has 146 valence electrons.